The van der Waals surface area contributed by atoms with Gasteiger partial charge in [-0.05, 0) is 24.3 Å². The number of aromatic nitrogens is 2. The standard InChI is InChI=1S/C14H15ClN4O5S3/c1-24-12(21)8-25-14-18-17-13(26-14)16-11(20)7-19(27(2,22)23)10-5-3-9(15)4-6-10/h3-6H,7-8H2,1-2H3,(H,16,17,20). The largest absolute Gasteiger partial charge is 0.468 e. The third-order valence-corrected chi connectivity index (χ3v) is 6.33. The summed E-state index contributed by atoms with van der Waals surface area (Å²) in [7, 11) is -2.41. The first-order valence-electron chi connectivity index (χ1n) is 7.25. The Kier molecular flexibility index (Phi) is 7.41. The van der Waals surface area contributed by atoms with Gasteiger partial charge < -0.3 is 4.74 Å². The van der Waals surface area contributed by atoms with Crippen LogP contribution < -0.4 is 9.62 Å². The maximum Gasteiger partial charge on any atom is 0.316 e. The van der Waals surface area contributed by atoms with Crippen molar-refractivity contribution in [3.8, 4) is 0 Å². The van der Waals surface area contributed by atoms with E-state index in [1.54, 1.807) is 0 Å². The molecular weight excluding hydrogens is 436 g/mol. The first-order chi connectivity index (χ1) is 12.7. The van der Waals surface area contributed by atoms with Crippen LogP contribution in [0.3, 0.4) is 0 Å². The molecule has 0 radical (unpaired) electrons. The number of sulfonamides is 1. The van der Waals surface area contributed by atoms with Crippen molar-refractivity contribution < 1.29 is 22.7 Å². The molecule has 2 rings (SSSR count). The Balaban J connectivity index is 2.03. The van der Waals surface area contributed by atoms with E-state index in [0.29, 0.717) is 15.0 Å². The number of ether oxygens (including phenoxy) is 1. The average Bonchev–Trinajstić information content (AvgIpc) is 3.05. The molecule has 0 saturated heterocycles. The van der Waals surface area contributed by atoms with Gasteiger partial charge in [-0.25, -0.2) is 8.42 Å². The van der Waals surface area contributed by atoms with Crippen LogP contribution in [0.15, 0.2) is 28.6 Å². The van der Waals surface area contributed by atoms with Gasteiger partial charge in [0.1, 0.15) is 6.54 Å². The van der Waals surface area contributed by atoms with E-state index in [1.807, 2.05) is 0 Å². The molecule has 1 aromatic heterocycles. The molecule has 9 nitrogen and oxygen atoms in total. The fraction of sp³-hybridized carbons (Fsp3) is 0.286. The van der Waals surface area contributed by atoms with E-state index in [0.717, 1.165) is 33.7 Å². The van der Waals surface area contributed by atoms with Gasteiger partial charge in [-0.2, -0.15) is 0 Å². The van der Waals surface area contributed by atoms with E-state index in [4.69, 9.17) is 11.6 Å². The zero-order valence-electron chi connectivity index (χ0n) is 14.2. The SMILES string of the molecule is COC(=O)CSc1nnc(NC(=O)CN(c2ccc(Cl)cc2)S(C)(=O)=O)s1. The van der Waals surface area contributed by atoms with E-state index in [-0.39, 0.29) is 10.9 Å². The summed E-state index contributed by atoms with van der Waals surface area (Å²) in [5, 5.41) is 10.8. The van der Waals surface area contributed by atoms with Crippen molar-refractivity contribution in [3.05, 3.63) is 29.3 Å². The summed E-state index contributed by atoms with van der Waals surface area (Å²) < 4.78 is 30.0. The van der Waals surface area contributed by atoms with Crippen LogP contribution in [0, 0.1) is 0 Å². The van der Waals surface area contributed by atoms with Crippen molar-refractivity contribution in [2.45, 2.75) is 4.34 Å². The number of carbonyl (C=O) groups is 2. The molecule has 0 unspecified atom stereocenters. The second-order valence-electron chi connectivity index (χ2n) is 5.03. The number of nitrogens with one attached hydrogen (secondary N) is 1. The molecule has 0 aliphatic carbocycles. The van der Waals surface area contributed by atoms with Crippen LogP contribution in [0.2, 0.25) is 5.02 Å². The Morgan fingerprint density at radius 2 is 1.96 bits per heavy atom. The van der Waals surface area contributed by atoms with E-state index in [2.05, 4.69) is 20.3 Å². The number of amides is 1. The maximum absolute atomic E-state index is 12.2. The molecule has 27 heavy (non-hydrogen) atoms. The Hall–Kier alpha value is -1.89. The second-order valence-corrected chi connectivity index (χ2v) is 9.58. The van der Waals surface area contributed by atoms with Crippen LogP contribution in [0.5, 0.6) is 0 Å². The van der Waals surface area contributed by atoms with E-state index < -0.39 is 28.4 Å². The van der Waals surface area contributed by atoms with Gasteiger partial charge in [0.25, 0.3) is 0 Å². The second kappa shape index (κ2) is 9.35. The van der Waals surface area contributed by atoms with Crippen LogP contribution in [0.25, 0.3) is 0 Å². The summed E-state index contributed by atoms with van der Waals surface area (Å²) in [5.41, 5.74) is 0.309. The van der Waals surface area contributed by atoms with Crippen molar-refractivity contribution in [1.82, 2.24) is 10.2 Å². The lowest BCUT2D eigenvalue weighted by molar-refractivity contribution is -0.137. The third kappa shape index (κ3) is 6.65. The molecule has 1 amide bonds. The summed E-state index contributed by atoms with van der Waals surface area (Å²) >= 11 is 7.99. The van der Waals surface area contributed by atoms with E-state index in [9.17, 15) is 18.0 Å². The van der Waals surface area contributed by atoms with Gasteiger partial charge in [0.05, 0.1) is 24.8 Å². The van der Waals surface area contributed by atoms with Gasteiger partial charge in [-0.1, -0.05) is 34.7 Å². The lowest BCUT2D eigenvalue weighted by Crippen LogP contribution is -2.37. The van der Waals surface area contributed by atoms with Gasteiger partial charge >= 0.3 is 5.97 Å². The Morgan fingerprint density at radius 3 is 2.56 bits per heavy atom. The highest BCUT2D eigenvalue weighted by Crippen LogP contribution is 2.26. The number of hydrogen-bond donors (Lipinski definition) is 1. The van der Waals surface area contributed by atoms with Gasteiger partial charge in [0.15, 0.2) is 4.34 Å². The fourth-order valence-electron chi connectivity index (χ4n) is 1.79. The number of rotatable bonds is 8. The molecular formula is C14H15ClN4O5S3. The number of carbonyl (C=O) groups excluding carboxylic acids is 2. The molecule has 1 heterocycles. The summed E-state index contributed by atoms with van der Waals surface area (Å²) in [4.78, 5) is 23.4. The van der Waals surface area contributed by atoms with E-state index in [1.165, 1.54) is 31.4 Å². The topological polar surface area (TPSA) is 119 Å². The van der Waals surface area contributed by atoms with Crippen LogP contribution in [-0.4, -0.2) is 56.2 Å². The summed E-state index contributed by atoms with van der Waals surface area (Å²) in [5.74, 6) is -0.930. The molecule has 1 N–H and O–H groups in total. The van der Waals surface area contributed by atoms with Crippen LogP contribution >= 0.6 is 34.7 Å². The highest BCUT2D eigenvalue weighted by atomic mass is 35.5. The maximum atomic E-state index is 12.2. The molecule has 0 atom stereocenters. The number of methoxy groups -OCH3 is 1. The highest BCUT2D eigenvalue weighted by molar-refractivity contribution is 8.01. The molecule has 146 valence electrons. The Labute approximate surface area is 169 Å². The van der Waals surface area contributed by atoms with Crippen LogP contribution in [0.4, 0.5) is 10.8 Å². The number of thioether (sulfide) groups is 1. The zero-order valence-corrected chi connectivity index (χ0v) is 17.4. The van der Waals surface area contributed by atoms with Gasteiger partial charge in [0.2, 0.25) is 21.1 Å². The molecule has 0 bridgehead atoms. The van der Waals surface area contributed by atoms with Gasteiger partial charge in [0, 0.05) is 5.02 Å². The predicted octanol–water partition coefficient (Wildman–Crippen LogP) is 1.86. The van der Waals surface area contributed by atoms with E-state index >= 15 is 0 Å². The smallest absolute Gasteiger partial charge is 0.316 e. The number of anilines is 2. The highest BCUT2D eigenvalue weighted by Gasteiger charge is 2.21. The van der Waals surface area contributed by atoms with Gasteiger partial charge in [-0.15, -0.1) is 10.2 Å². The lowest BCUT2D eigenvalue weighted by atomic mass is 10.3. The Bertz CT molecular complexity index is 917. The molecule has 13 heteroatoms. The Morgan fingerprint density at radius 1 is 1.30 bits per heavy atom. The van der Waals surface area contributed by atoms with Gasteiger partial charge in [-0.3, -0.25) is 19.2 Å². The summed E-state index contributed by atoms with van der Waals surface area (Å²) in [6.07, 6.45) is 1.00. The fourth-order valence-corrected chi connectivity index (χ4v) is 4.38. The minimum Gasteiger partial charge on any atom is -0.468 e. The van der Waals surface area contributed by atoms with Crippen LogP contribution in [0.1, 0.15) is 0 Å². The van der Waals surface area contributed by atoms with Crippen molar-refractivity contribution in [2.24, 2.45) is 0 Å². The number of nitrogens with zero attached hydrogens (tertiary/aromatic N) is 3. The molecule has 0 spiro atoms. The molecule has 0 saturated carbocycles. The van der Waals surface area contributed by atoms with Crippen molar-refractivity contribution in [3.63, 3.8) is 0 Å². The molecule has 1 aromatic carbocycles. The van der Waals surface area contributed by atoms with Crippen LogP contribution in [-0.2, 0) is 24.3 Å². The normalized spacial score (nSPS) is 11.1. The summed E-state index contributed by atoms with van der Waals surface area (Å²) in [6, 6.07) is 6.07. The first-order valence-corrected chi connectivity index (χ1v) is 11.3. The van der Waals surface area contributed by atoms with Crippen molar-refractivity contribution in [1.29, 1.82) is 0 Å². The molecule has 0 aliphatic rings. The quantitative estimate of drug-likeness (QED) is 0.367. The lowest BCUT2D eigenvalue weighted by Gasteiger charge is -2.21. The third-order valence-electron chi connectivity index (χ3n) is 3.00. The molecule has 0 aliphatic heterocycles. The molecule has 0 fully saturated rings. The number of hydrogen-bond acceptors (Lipinski definition) is 9. The summed E-state index contributed by atoms with van der Waals surface area (Å²) in [6.45, 7) is -0.440. The van der Waals surface area contributed by atoms with Crippen molar-refractivity contribution in [2.75, 3.05) is 35.3 Å². The first kappa shape index (κ1) is 21.4. The predicted molar refractivity (Wildman–Crippen MR) is 105 cm³/mol. The zero-order chi connectivity index (χ0) is 20.0. The monoisotopic (exact) mass is 450 g/mol. The number of esters is 1. The minimum atomic E-state index is -3.69. The molecule has 2 aromatic rings. The van der Waals surface area contributed by atoms with Crippen molar-refractivity contribution >= 4 is 67.4 Å². The number of benzene rings is 1. The minimum absolute atomic E-state index is 0.0670. The number of halogens is 1. The average molecular weight is 451 g/mol.